The molecule has 0 nitrogen and oxygen atoms in total. The number of hydrogen-bond donors (Lipinski definition) is 0. The van der Waals surface area contributed by atoms with E-state index in [0.29, 0.717) is 0 Å². The van der Waals surface area contributed by atoms with Crippen molar-refractivity contribution in [1.82, 2.24) is 0 Å². The zero-order chi connectivity index (χ0) is 70.4. The molecular formula is C108H62. The van der Waals surface area contributed by atoms with Crippen molar-refractivity contribution in [3.8, 4) is 55.6 Å². The molecule has 0 N–H and O–H groups in total. The second kappa shape index (κ2) is 22.7. The van der Waals surface area contributed by atoms with Crippen molar-refractivity contribution in [2.45, 2.75) is 0 Å². The topological polar surface area (TPSA) is 0 Å². The molecule has 0 saturated carbocycles. The first kappa shape index (κ1) is 59.4. The number of rotatable bonds is 5. The van der Waals surface area contributed by atoms with Gasteiger partial charge >= 0.3 is 0 Å². The summed E-state index contributed by atoms with van der Waals surface area (Å²) in [5.41, 5.74) is 12.4. The Morgan fingerprint density at radius 1 is 0.0741 bits per heavy atom. The zero-order valence-corrected chi connectivity index (χ0v) is 58.8. The van der Waals surface area contributed by atoms with Gasteiger partial charge in [0.15, 0.2) is 0 Å². The lowest BCUT2D eigenvalue weighted by Crippen LogP contribution is -1.89. The summed E-state index contributed by atoms with van der Waals surface area (Å²) < 4.78 is 0. The summed E-state index contributed by atoms with van der Waals surface area (Å²) in [5.74, 6) is 0. The number of fused-ring (bicyclic) bond motifs is 24. The van der Waals surface area contributed by atoms with Crippen LogP contribution < -0.4 is 0 Å². The molecule has 24 aromatic carbocycles. The highest BCUT2D eigenvalue weighted by atomic mass is 14.2. The third-order valence-electron chi connectivity index (χ3n) is 24.4. The third kappa shape index (κ3) is 8.80. The molecule has 0 fully saturated rings. The van der Waals surface area contributed by atoms with Gasteiger partial charge < -0.3 is 0 Å². The average Bonchev–Trinajstić information content (AvgIpc) is 0.741. The number of hydrogen-bond acceptors (Lipinski definition) is 0. The van der Waals surface area contributed by atoms with E-state index in [1.54, 1.807) is 0 Å². The van der Waals surface area contributed by atoms with Gasteiger partial charge in [0, 0.05) is 0 Å². The first-order valence-electron chi connectivity index (χ1n) is 37.7. The van der Waals surface area contributed by atoms with E-state index in [9.17, 15) is 0 Å². The Balaban J connectivity index is 0.615. The second-order valence-corrected chi connectivity index (χ2v) is 30.0. The summed E-state index contributed by atoms with van der Waals surface area (Å²) in [7, 11) is 0. The molecule has 0 radical (unpaired) electrons. The van der Waals surface area contributed by atoms with Crippen LogP contribution in [0.25, 0.3) is 250 Å². The fourth-order valence-electron chi connectivity index (χ4n) is 19.4. The Hall–Kier alpha value is -14.0. The standard InChI is InChI=1S/C108H62/c1-3-23-77-63(15-1)39-41-71-51-65-17-5-25-83(99(65)57-97(71)77)79-31-11-35-89-93(79)47-43-73-53-67-19-7-27-85(101(67)59-105(73)89)81-33-13-36-90-95(81)49-44-74-54-68-20-8-28-86(102(68)60-106(74)90)82-34-14-38-92-96(82)50-46-76-56-70-22-10-30-88(104(70)62-108(76)92)87-29-9-21-69-55-75-45-48-94-80(32-12-37-91(94)107(75)61-103(69)87)84-26-6-18-66-52-72-42-40-64-16-2-4-24-78(64)98(72)58-100(66)84/h1-62H. The summed E-state index contributed by atoms with van der Waals surface area (Å²) in [6, 6.07) is 143. The highest BCUT2D eigenvalue weighted by molar-refractivity contribution is 6.26. The fraction of sp³-hybridized carbons (Fsp3) is 0. The van der Waals surface area contributed by atoms with Crippen molar-refractivity contribution in [2.75, 3.05) is 0 Å². The van der Waals surface area contributed by atoms with Gasteiger partial charge in [-0.15, -0.1) is 0 Å². The van der Waals surface area contributed by atoms with Crippen LogP contribution in [0.3, 0.4) is 0 Å². The van der Waals surface area contributed by atoms with Crippen molar-refractivity contribution >= 4 is 194 Å². The SMILES string of the molecule is c1cc(-c2cccc3cc4ccc5c(-c6cccc7cc8ccc9c(-c%10cccc%11cc%12ccc%13c(-c%14cccc%15cc%16ccc%17ccccc%17c%16cc%14%15)cccc%13c%12cc%10%11)cccc9c8cc67)cccc5c4cc23)c2cc3c(ccc4c(-c5cccc6cc7ccc8ccccc8c7cc56)cccc43)cc2c1. The van der Waals surface area contributed by atoms with Crippen molar-refractivity contribution < 1.29 is 0 Å². The average molecular weight is 1360 g/mol. The van der Waals surface area contributed by atoms with Crippen molar-refractivity contribution in [3.05, 3.63) is 376 Å². The van der Waals surface area contributed by atoms with Gasteiger partial charge in [0.05, 0.1) is 0 Å². The Labute approximate surface area is 621 Å². The molecule has 0 unspecified atom stereocenters. The molecule has 0 bridgehead atoms. The summed E-state index contributed by atoms with van der Waals surface area (Å²) >= 11 is 0. The highest BCUT2D eigenvalue weighted by Crippen LogP contribution is 2.48. The summed E-state index contributed by atoms with van der Waals surface area (Å²) in [4.78, 5) is 0. The van der Waals surface area contributed by atoms with Gasteiger partial charge in [-0.25, -0.2) is 0 Å². The van der Waals surface area contributed by atoms with Crippen LogP contribution in [-0.4, -0.2) is 0 Å². The predicted molar refractivity (Wildman–Crippen MR) is 469 cm³/mol. The summed E-state index contributed by atoms with van der Waals surface area (Å²) in [5, 5.41) is 45.1. The Kier molecular flexibility index (Phi) is 12.5. The van der Waals surface area contributed by atoms with E-state index >= 15 is 0 Å². The first-order chi connectivity index (χ1) is 53.5. The minimum absolute atomic E-state index is 1.23. The van der Waals surface area contributed by atoms with Crippen molar-refractivity contribution in [3.63, 3.8) is 0 Å². The minimum atomic E-state index is 1.23. The molecule has 0 aliphatic carbocycles. The molecule has 0 aliphatic heterocycles. The van der Waals surface area contributed by atoms with E-state index in [2.05, 4.69) is 376 Å². The minimum Gasteiger partial charge on any atom is -0.0616 e. The van der Waals surface area contributed by atoms with Gasteiger partial charge in [-0.3, -0.25) is 0 Å². The Morgan fingerprint density at radius 2 is 0.231 bits per heavy atom. The molecule has 0 atom stereocenters. The monoisotopic (exact) mass is 1360 g/mol. The van der Waals surface area contributed by atoms with Gasteiger partial charge in [-0.2, -0.15) is 0 Å². The van der Waals surface area contributed by atoms with E-state index in [0.717, 1.165) is 0 Å². The zero-order valence-electron chi connectivity index (χ0n) is 58.8. The summed E-state index contributed by atoms with van der Waals surface area (Å²) in [6.45, 7) is 0. The van der Waals surface area contributed by atoms with Crippen LogP contribution in [0.5, 0.6) is 0 Å². The molecule has 0 saturated heterocycles. The fourth-order valence-corrected chi connectivity index (χ4v) is 19.4. The number of benzene rings is 24. The van der Waals surface area contributed by atoms with Crippen molar-refractivity contribution in [1.29, 1.82) is 0 Å². The van der Waals surface area contributed by atoms with Gasteiger partial charge in [0.1, 0.15) is 0 Å². The molecule has 0 spiro atoms. The molecule has 24 aromatic rings. The molecular weight excluding hydrogens is 1300 g/mol. The summed E-state index contributed by atoms with van der Waals surface area (Å²) in [6.07, 6.45) is 0. The van der Waals surface area contributed by atoms with Crippen LogP contribution in [0.15, 0.2) is 376 Å². The normalized spacial score (nSPS) is 12.3. The smallest absolute Gasteiger partial charge is 0.00986 e. The van der Waals surface area contributed by atoms with Crippen LogP contribution in [0.1, 0.15) is 0 Å². The van der Waals surface area contributed by atoms with Crippen LogP contribution in [-0.2, 0) is 0 Å². The largest absolute Gasteiger partial charge is 0.0616 e. The molecule has 24 rings (SSSR count). The lowest BCUT2D eigenvalue weighted by Gasteiger charge is -2.16. The lowest BCUT2D eigenvalue weighted by molar-refractivity contribution is 1.69. The second-order valence-electron chi connectivity index (χ2n) is 30.0. The van der Waals surface area contributed by atoms with E-state index in [-0.39, 0.29) is 0 Å². The van der Waals surface area contributed by atoms with Gasteiger partial charge in [0.2, 0.25) is 0 Å². The molecule has 0 aromatic heterocycles. The van der Waals surface area contributed by atoms with E-state index in [1.807, 2.05) is 0 Å². The Bertz CT molecular complexity index is 8170. The first-order valence-corrected chi connectivity index (χ1v) is 37.7. The molecule has 108 heavy (non-hydrogen) atoms. The van der Waals surface area contributed by atoms with Crippen LogP contribution in [0.4, 0.5) is 0 Å². The highest BCUT2D eigenvalue weighted by Gasteiger charge is 2.21. The third-order valence-corrected chi connectivity index (χ3v) is 24.4. The maximum absolute atomic E-state index is 2.48. The van der Waals surface area contributed by atoms with Crippen LogP contribution >= 0.6 is 0 Å². The Morgan fingerprint density at radius 3 is 0.472 bits per heavy atom. The molecule has 0 heterocycles. The van der Waals surface area contributed by atoms with Crippen LogP contribution in [0, 0.1) is 0 Å². The molecule has 0 heteroatoms. The van der Waals surface area contributed by atoms with Crippen molar-refractivity contribution in [2.24, 2.45) is 0 Å². The molecule has 494 valence electrons. The molecule has 0 aliphatic rings. The van der Waals surface area contributed by atoms with Crippen LogP contribution in [0.2, 0.25) is 0 Å². The lowest BCUT2D eigenvalue weighted by atomic mass is 9.87. The van der Waals surface area contributed by atoms with E-state index in [1.165, 1.54) is 250 Å². The van der Waals surface area contributed by atoms with Gasteiger partial charge in [-0.1, -0.05) is 303 Å². The van der Waals surface area contributed by atoms with E-state index < -0.39 is 0 Å². The molecule has 0 amide bonds. The predicted octanol–water partition coefficient (Wildman–Crippen LogP) is 30.8. The van der Waals surface area contributed by atoms with E-state index in [4.69, 9.17) is 0 Å². The maximum atomic E-state index is 2.48. The maximum Gasteiger partial charge on any atom is -0.00986 e. The van der Waals surface area contributed by atoms with Gasteiger partial charge in [-0.05, 0) is 322 Å². The van der Waals surface area contributed by atoms with Gasteiger partial charge in [0.25, 0.3) is 0 Å². The quantitative estimate of drug-likeness (QED) is 0.119.